The van der Waals surface area contributed by atoms with Gasteiger partial charge >= 0.3 is 0 Å². The number of nitriles is 1. The van der Waals surface area contributed by atoms with Crippen LogP contribution >= 0.6 is 0 Å². The topological polar surface area (TPSA) is 40.2 Å². The average Bonchev–Trinajstić information content (AvgIpc) is 3.76. The minimum atomic E-state index is -0.180. The third-order valence-corrected chi connectivity index (χ3v) is 12.4. The SMILES string of the molecule is CC1(C)c2cc3c(cc2-c2cc4ccccc4cc21)C(C)(C)c1cc2cc(N(c4ccc(C#N)cc4)c4cccc5c4oc4ccccc45)ccc2cc1-3. The summed E-state index contributed by atoms with van der Waals surface area (Å²) >= 11 is 0. The number of furan rings is 1. The Bertz CT molecular complexity index is 3120. The van der Waals surface area contributed by atoms with Crippen molar-refractivity contribution in [2.24, 2.45) is 0 Å². The molecule has 0 bridgehead atoms. The maximum absolute atomic E-state index is 9.60. The molecule has 9 aromatic rings. The Balaban J connectivity index is 1.08. The summed E-state index contributed by atoms with van der Waals surface area (Å²) in [6, 6.07) is 54.8. The normalized spacial score (nSPS) is 14.6. The highest BCUT2D eigenvalue weighted by atomic mass is 16.3. The largest absolute Gasteiger partial charge is 0.454 e. The summed E-state index contributed by atoms with van der Waals surface area (Å²) in [6.45, 7) is 9.53. The molecule has 3 nitrogen and oxygen atoms in total. The third-order valence-electron chi connectivity index (χ3n) is 12.4. The molecule has 0 fully saturated rings. The van der Waals surface area contributed by atoms with E-state index in [1.54, 1.807) is 0 Å². The van der Waals surface area contributed by atoms with Crippen molar-refractivity contribution in [2.75, 3.05) is 4.90 Å². The molecule has 2 aliphatic carbocycles. The maximum atomic E-state index is 9.60. The predicted molar refractivity (Wildman–Crippen MR) is 223 cm³/mol. The van der Waals surface area contributed by atoms with E-state index in [9.17, 15) is 5.26 Å². The fraction of sp³-hybridized carbons (Fsp3) is 0.118. The number of anilines is 3. The van der Waals surface area contributed by atoms with E-state index in [0.29, 0.717) is 5.56 Å². The maximum Gasteiger partial charge on any atom is 0.159 e. The van der Waals surface area contributed by atoms with Crippen LogP contribution < -0.4 is 4.90 Å². The highest BCUT2D eigenvalue weighted by Gasteiger charge is 2.42. The van der Waals surface area contributed by atoms with Gasteiger partial charge in [-0.3, -0.25) is 0 Å². The van der Waals surface area contributed by atoms with E-state index >= 15 is 0 Å². The molecule has 11 rings (SSSR count). The first kappa shape index (κ1) is 30.9. The van der Waals surface area contributed by atoms with Crippen LogP contribution in [0, 0.1) is 11.3 Å². The van der Waals surface area contributed by atoms with E-state index in [1.807, 2.05) is 36.4 Å². The minimum absolute atomic E-state index is 0.0972. The fourth-order valence-electron chi connectivity index (χ4n) is 9.53. The highest BCUT2D eigenvalue weighted by Crippen LogP contribution is 2.57. The van der Waals surface area contributed by atoms with Gasteiger partial charge < -0.3 is 9.32 Å². The number of nitrogens with zero attached hydrogens (tertiary/aromatic N) is 2. The van der Waals surface area contributed by atoms with Crippen molar-refractivity contribution in [1.29, 1.82) is 5.26 Å². The second kappa shape index (κ2) is 10.7. The molecule has 0 saturated heterocycles. The standard InChI is InChI=1S/C51H36N2O/c1-50(2)43-25-32-11-6-5-10-31(32)23-39(43)41-27-46-42(28-45(41)50)40-24-33-18-21-36(22-34(33)26-44(40)51(46,3)4)53(35-19-16-30(29-52)17-20-35)47-14-9-13-38-37-12-7-8-15-48(37)54-49(38)47/h5-28H,1-4H3. The second-order valence-electron chi connectivity index (χ2n) is 16.1. The first-order chi connectivity index (χ1) is 26.2. The van der Waals surface area contributed by atoms with Crippen LogP contribution in [0.3, 0.4) is 0 Å². The number of benzene rings is 8. The van der Waals surface area contributed by atoms with Gasteiger partial charge in [-0.2, -0.15) is 5.26 Å². The van der Waals surface area contributed by atoms with Crippen molar-refractivity contribution < 1.29 is 4.42 Å². The van der Waals surface area contributed by atoms with Gasteiger partial charge in [0.05, 0.1) is 17.3 Å². The van der Waals surface area contributed by atoms with Gasteiger partial charge in [0.25, 0.3) is 0 Å². The van der Waals surface area contributed by atoms with Crippen LogP contribution in [0.4, 0.5) is 17.1 Å². The number of fused-ring (bicyclic) bond motifs is 11. The smallest absolute Gasteiger partial charge is 0.159 e. The molecule has 54 heavy (non-hydrogen) atoms. The van der Waals surface area contributed by atoms with E-state index in [4.69, 9.17) is 4.42 Å². The Kier molecular flexibility index (Phi) is 6.14. The molecule has 2 aliphatic rings. The molecule has 0 atom stereocenters. The molecular formula is C51H36N2O. The zero-order chi connectivity index (χ0) is 36.5. The van der Waals surface area contributed by atoms with Crippen LogP contribution in [0.2, 0.25) is 0 Å². The van der Waals surface area contributed by atoms with Crippen LogP contribution in [-0.2, 0) is 10.8 Å². The summed E-state index contributed by atoms with van der Waals surface area (Å²) in [4.78, 5) is 2.26. The third kappa shape index (κ3) is 4.17. The van der Waals surface area contributed by atoms with Gasteiger partial charge in [-0.1, -0.05) is 88.4 Å². The molecule has 256 valence electrons. The molecule has 0 aliphatic heterocycles. The van der Waals surface area contributed by atoms with Gasteiger partial charge in [0.1, 0.15) is 5.58 Å². The fourth-order valence-corrected chi connectivity index (χ4v) is 9.53. The monoisotopic (exact) mass is 692 g/mol. The van der Waals surface area contributed by atoms with E-state index in [0.717, 1.165) is 39.0 Å². The van der Waals surface area contributed by atoms with E-state index < -0.39 is 0 Å². The van der Waals surface area contributed by atoms with Crippen molar-refractivity contribution in [3.05, 3.63) is 173 Å². The van der Waals surface area contributed by atoms with Crippen LogP contribution in [-0.4, -0.2) is 0 Å². The van der Waals surface area contributed by atoms with Gasteiger partial charge in [0.2, 0.25) is 0 Å². The molecule has 0 N–H and O–H groups in total. The first-order valence-electron chi connectivity index (χ1n) is 18.7. The molecule has 1 aromatic heterocycles. The number of para-hydroxylation sites is 2. The lowest BCUT2D eigenvalue weighted by Gasteiger charge is -2.26. The van der Waals surface area contributed by atoms with Crippen LogP contribution in [0.5, 0.6) is 0 Å². The van der Waals surface area contributed by atoms with Crippen LogP contribution in [0.15, 0.2) is 150 Å². The van der Waals surface area contributed by atoms with Crippen molar-refractivity contribution in [3.63, 3.8) is 0 Å². The summed E-state index contributed by atoms with van der Waals surface area (Å²) in [5, 5.41) is 16.8. The first-order valence-corrected chi connectivity index (χ1v) is 18.7. The Hall–Kier alpha value is -6.63. The van der Waals surface area contributed by atoms with Crippen molar-refractivity contribution in [1.82, 2.24) is 0 Å². The summed E-state index contributed by atoms with van der Waals surface area (Å²) in [5.41, 5.74) is 15.9. The van der Waals surface area contributed by atoms with E-state index in [1.165, 1.54) is 66.1 Å². The lowest BCUT2D eigenvalue weighted by atomic mass is 9.79. The van der Waals surface area contributed by atoms with Crippen molar-refractivity contribution >= 4 is 60.5 Å². The van der Waals surface area contributed by atoms with Crippen LogP contribution in [0.25, 0.3) is 65.7 Å². The van der Waals surface area contributed by atoms with Gasteiger partial charge in [-0.25, -0.2) is 0 Å². The van der Waals surface area contributed by atoms with Gasteiger partial charge in [0.15, 0.2) is 5.58 Å². The Morgan fingerprint density at radius 2 is 1.02 bits per heavy atom. The van der Waals surface area contributed by atoms with Crippen molar-refractivity contribution in [3.8, 4) is 28.3 Å². The zero-order valence-electron chi connectivity index (χ0n) is 30.7. The minimum Gasteiger partial charge on any atom is -0.454 e. The summed E-state index contributed by atoms with van der Waals surface area (Å²) < 4.78 is 6.56. The van der Waals surface area contributed by atoms with Gasteiger partial charge in [0, 0.05) is 33.0 Å². The summed E-state index contributed by atoms with van der Waals surface area (Å²) in [6.07, 6.45) is 0. The predicted octanol–water partition coefficient (Wildman–Crippen LogP) is 13.8. The molecule has 0 saturated carbocycles. The Morgan fingerprint density at radius 1 is 0.481 bits per heavy atom. The van der Waals surface area contributed by atoms with Gasteiger partial charge in [-0.05, 0) is 151 Å². The molecule has 0 radical (unpaired) electrons. The van der Waals surface area contributed by atoms with E-state index in [2.05, 4.69) is 148 Å². The molecule has 1 heterocycles. The number of rotatable bonds is 3. The van der Waals surface area contributed by atoms with Gasteiger partial charge in [-0.15, -0.1) is 0 Å². The number of hydrogen-bond acceptors (Lipinski definition) is 3. The molecular weight excluding hydrogens is 657 g/mol. The zero-order valence-corrected chi connectivity index (χ0v) is 30.7. The Morgan fingerprint density at radius 3 is 1.70 bits per heavy atom. The highest BCUT2D eigenvalue weighted by molar-refractivity contribution is 6.10. The average molecular weight is 693 g/mol. The van der Waals surface area contributed by atoms with E-state index in [-0.39, 0.29) is 10.8 Å². The molecule has 0 amide bonds. The summed E-state index contributed by atoms with van der Waals surface area (Å²) in [5.74, 6) is 0. The lowest BCUT2D eigenvalue weighted by molar-refractivity contribution is 0.653. The summed E-state index contributed by atoms with van der Waals surface area (Å²) in [7, 11) is 0. The molecule has 0 unspecified atom stereocenters. The second-order valence-corrected chi connectivity index (χ2v) is 16.1. The molecule has 3 heteroatoms. The van der Waals surface area contributed by atoms with Crippen molar-refractivity contribution in [2.45, 2.75) is 38.5 Å². The quantitative estimate of drug-likeness (QED) is 0.185. The molecule has 8 aromatic carbocycles. The lowest BCUT2D eigenvalue weighted by Crippen LogP contribution is -2.17. The molecule has 0 spiro atoms. The Labute approximate surface area is 314 Å². The number of hydrogen-bond donors (Lipinski definition) is 0. The van der Waals surface area contributed by atoms with Crippen LogP contribution in [0.1, 0.15) is 55.5 Å².